The zero-order chi connectivity index (χ0) is 15.2. The molecule has 116 valence electrons. The second-order valence-corrected chi connectivity index (χ2v) is 5.23. The van der Waals surface area contributed by atoms with Crippen LogP contribution in [0.4, 0.5) is 8.78 Å². The zero-order valence-electron chi connectivity index (χ0n) is 11.7. The van der Waals surface area contributed by atoms with Crippen LogP contribution in [-0.4, -0.2) is 25.1 Å². The Bertz CT molecular complexity index is 482. The molecule has 1 aromatic carbocycles. The van der Waals surface area contributed by atoms with E-state index in [9.17, 15) is 13.6 Å². The maximum absolute atomic E-state index is 12.4. The molecule has 1 aliphatic carbocycles. The Morgan fingerprint density at radius 3 is 2.76 bits per heavy atom. The average molecular weight is 298 g/mol. The summed E-state index contributed by atoms with van der Waals surface area (Å²) < 4.78 is 29.1. The molecule has 4 nitrogen and oxygen atoms in total. The molecule has 1 fully saturated rings. The van der Waals surface area contributed by atoms with Gasteiger partial charge in [0.05, 0.1) is 5.56 Å². The Morgan fingerprint density at radius 2 is 2.05 bits per heavy atom. The van der Waals surface area contributed by atoms with Gasteiger partial charge in [0.2, 0.25) is 0 Å². The highest BCUT2D eigenvalue weighted by Crippen LogP contribution is 2.25. The first-order valence-electron chi connectivity index (χ1n) is 7.16. The van der Waals surface area contributed by atoms with Gasteiger partial charge < -0.3 is 15.8 Å². The predicted molar refractivity (Wildman–Crippen MR) is 75.3 cm³/mol. The van der Waals surface area contributed by atoms with Crippen LogP contribution in [0.15, 0.2) is 24.3 Å². The van der Waals surface area contributed by atoms with Gasteiger partial charge in [-0.2, -0.15) is 8.78 Å². The Balaban J connectivity index is 2.09. The van der Waals surface area contributed by atoms with E-state index >= 15 is 0 Å². The van der Waals surface area contributed by atoms with Crippen molar-refractivity contribution in [1.82, 2.24) is 5.32 Å². The maximum Gasteiger partial charge on any atom is 0.387 e. The van der Waals surface area contributed by atoms with E-state index in [2.05, 4.69) is 10.1 Å². The molecule has 1 saturated carbocycles. The number of carbonyl (C=O) groups is 1. The van der Waals surface area contributed by atoms with E-state index < -0.39 is 12.5 Å². The first-order chi connectivity index (χ1) is 10.1. The van der Waals surface area contributed by atoms with Crippen molar-refractivity contribution in [3.63, 3.8) is 0 Å². The average Bonchev–Trinajstić information content (AvgIpc) is 2.47. The Morgan fingerprint density at radius 1 is 1.33 bits per heavy atom. The molecule has 6 heteroatoms. The van der Waals surface area contributed by atoms with Gasteiger partial charge >= 0.3 is 6.61 Å². The van der Waals surface area contributed by atoms with Crippen molar-refractivity contribution in [2.45, 2.75) is 38.3 Å². The van der Waals surface area contributed by atoms with E-state index in [1.165, 1.54) is 12.1 Å². The van der Waals surface area contributed by atoms with Crippen molar-refractivity contribution in [1.29, 1.82) is 0 Å². The number of hydrogen-bond acceptors (Lipinski definition) is 3. The largest absolute Gasteiger partial charge is 0.434 e. The summed E-state index contributed by atoms with van der Waals surface area (Å²) >= 11 is 0. The third kappa shape index (κ3) is 4.14. The van der Waals surface area contributed by atoms with Gasteiger partial charge in [0.1, 0.15) is 5.75 Å². The fraction of sp³-hybridized carbons (Fsp3) is 0.533. The zero-order valence-corrected chi connectivity index (χ0v) is 11.7. The number of alkyl halides is 2. The molecule has 0 heterocycles. The van der Waals surface area contributed by atoms with Crippen molar-refractivity contribution in [2.24, 2.45) is 11.7 Å². The number of ether oxygens (including phenoxy) is 1. The predicted octanol–water partition coefficient (Wildman–Crippen LogP) is 2.54. The lowest BCUT2D eigenvalue weighted by molar-refractivity contribution is -0.0501. The van der Waals surface area contributed by atoms with Crippen LogP contribution >= 0.6 is 0 Å². The summed E-state index contributed by atoms with van der Waals surface area (Å²) in [6.45, 7) is -2.44. The quantitative estimate of drug-likeness (QED) is 0.878. The van der Waals surface area contributed by atoms with Gasteiger partial charge in [0, 0.05) is 6.04 Å². The third-order valence-corrected chi connectivity index (χ3v) is 3.88. The highest BCUT2D eigenvalue weighted by atomic mass is 19.3. The molecule has 1 amide bonds. The first kappa shape index (κ1) is 15.7. The lowest BCUT2D eigenvalue weighted by atomic mass is 9.84. The van der Waals surface area contributed by atoms with Gasteiger partial charge in [-0.25, -0.2) is 0 Å². The summed E-state index contributed by atoms with van der Waals surface area (Å²) in [5.74, 6) is -0.257. The highest BCUT2D eigenvalue weighted by Gasteiger charge is 2.26. The minimum absolute atomic E-state index is 0.00384. The number of halogens is 2. The minimum atomic E-state index is -2.95. The van der Waals surface area contributed by atoms with Crippen molar-refractivity contribution in [3.8, 4) is 5.75 Å². The normalized spacial score (nSPS) is 22.1. The molecule has 2 rings (SSSR count). The first-order valence-corrected chi connectivity index (χ1v) is 7.16. The van der Waals surface area contributed by atoms with Crippen LogP contribution in [0.1, 0.15) is 36.0 Å². The number of hydrogen-bond donors (Lipinski definition) is 2. The van der Waals surface area contributed by atoms with Gasteiger partial charge in [-0.15, -0.1) is 0 Å². The topological polar surface area (TPSA) is 64.3 Å². The van der Waals surface area contributed by atoms with Crippen molar-refractivity contribution in [3.05, 3.63) is 29.8 Å². The fourth-order valence-corrected chi connectivity index (χ4v) is 2.78. The SMILES string of the molecule is NCC1CCCCC1NC(=O)c1ccccc1OC(F)F. The second kappa shape index (κ2) is 7.36. The van der Waals surface area contributed by atoms with Crippen molar-refractivity contribution < 1.29 is 18.3 Å². The van der Waals surface area contributed by atoms with E-state index in [1.807, 2.05) is 0 Å². The number of carbonyl (C=O) groups excluding carboxylic acids is 1. The Labute approximate surface area is 122 Å². The number of nitrogens with one attached hydrogen (secondary N) is 1. The summed E-state index contributed by atoms with van der Waals surface area (Å²) in [5.41, 5.74) is 5.85. The van der Waals surface area contributed by atoms with Crippen LogP contribution in [-0.2, 0) is 0 Å². The summed E-state index contributed by atoms with van der Waals surface area (Å²) in [6, 6.07) is 6.01. The van der Waals surface area contributed by atoms with Crippen LogP contribution in [0.3, 0.4) is 0 Å². The summed E-state index contributed by atoms with van der Waals surface area (Å²) in [6.07, 6.45) is 4.00. The lowest BCUT2D eigenvalue weighted by Crippen LogP contribution is -2.44. The summed E-state index contributed by atoms with van der Waals surface area (Å²) in [4.78, 5) is 12.3. The van der Waals surface area contributed by atoms with Gasteiger partial charge in [0.15, 0.2) is 0 Å². The van der Waals surface area contributed by atoms with E-state index in [4.69, 9.17) is 5.73 Å². The molecule has 0 saturated heterocycles. The van der Waals surface area contributed by atoms with E-state index in [-0.39, 0.29) is 23.3 Å². The van der Waals surface area contributed by atoms with Gasteiger partial charge in [0.25, 0.3) is 5.91 Å². The van der Waals surface area contributed by atoms with Gasteiger partial charge in [-0.3, -0.25) is 4.79 Å². The molecule has 0 aliphatic heterocycles. The Hall–Kier alpha value is -1.69. The number of benzene rings is 1. The van der Waals surface area contributed by atoms with E-state index in [1.54, 1.807) is 12.1 Å². The van der Waals surface area contributed by atoms with Crippen LogP contribution in [0.25, 0.3) is 0 Å². The molecule has 0 bridgehead atoms. The molecule has 0 spiro atoms. The highest BCUT2D eigenvalue weighted by molar-refractivity contribution is 5.97. The number of nitrogens with two attached hydrogens (primary N) is 1. The Kier molecular flexibility index (Phi) is 5.50. The van der Waals surface area contributed by atoms with E-state index in [0.29, 0.717) is 6.54 Å². The molecular formula is C15H20F2N2O2. The molecule has 2 atom stereocenters. The van der Waals surface area contributed by atoms with Crippen molar-refractivity contribution >= 4 is 5.91 Å². The molecule has 0 radical (unpaired) electrons. The standard InChI is InChI=1S/C15H20F2N2O2/c16-15(17)21-13-8-4-2-6-11(13)14(20)19-12-7-3-1-5-10(12)9-18/h2,4,6,8,10,12,15H,1,3,5,7,9,18H2,(H,19,20). The van der Waals surface area contributed by atoms with Crippen LogP contribution < -0.4 is 15.8 Å². The maximum atomic E-state index is 12.4. The van der Waals surface area contributed by atoms with E-state index in [0.717, 1.165) is 25.7 Å². The fourth-order valence-electron chi connectivity index (χ4n) is 2.78. The number of rotatable bonds is 5. The molecule has 1 aliphatic rings. The van der Waals surface area contributed by atoms with Crippen LogP contribution in [0, 0.1) is 5.92 Å². The molecular weight excluding hydrogens is 278 g/mol. The molecule has 0 aromatic heterocycles. The molecule has 21 heavy (non-hydrogen) atoms. The minimum Gasteiger partial charge on any atom is -0.434 e. The van der Waals surface area contributed by atoms with Crippen LogP contribution in [0.5, 0.6) is 5.75 Å². The molecule has 2 unspecified atom stereocenters. The number of amides is 1. The summed E-state index contributed by atoms with van der Waals surface area (Å²) in [7, 11) is 0. The van der Waals surface area contributed by atoms with Gasteiger partial charge in [-0.05, 0) is 37.4 Å². The second-order valence-electron chi connectivity index (χ2n) is 5.23. The van der Waals surface area contributed by atoms with Crippen molar-refractivity contribution in [2.75, 3.05) is 6.54 Å². The molecule has 3 N–H and O–H groups in total. The summed E-state index contributed by atoms with van der Waals surface area (Å²) in [5, 5.41) is 2.91. The lowest BCUT2D eigenvalue weighted by Gasteiger charge is -2.31. The molecule has 1 aromatic rings. The third-order valence-electron chi connectivity index (χ3n) is 3.88. The van der Waals surface area contributed by atoms with Crippen LogP contribution in [0.2, 0.25) is 0 Å². The van der Waals surface area contributed by atoms with Gasteiger partial charge in [-0.1, -0.05) is 25.0 Å². The number of para-hydroxylation sites is 1. The monoisotopic (exact) mass is 298 g/mol. The smallest absolute Gasteiger partial charge is 0.387 e.